The van der Waals surface area contributed by atoms with E-state index in [1.54, 1.807) is 30.5 Å². The Morgan fingerprint density at radius 2 is 1.81 bits per heavy atom. The summed E-state index contributed by atoms with van der Waals surface area (Å²) in [6.07, 6.45) is 7.58. The molecule has 2 aromatic carbocycles. The van der Waals surface area contributed by atoms with Crippen molar-refractivity contribution in [3.05, 3.63) is 59.0 Å². The number of amides is 1. The van der Waals surface area contributed by atoms with E-state index < -0.39 is 0 Å². The molecular weight excluding hydrogens is 408 g/mol. The van der Waals surface area contributed by atoms with Crippen LogP contribution >= 0.6 is 0 Å². The van der Waals surface area contributed by atoms with E-state index in [0.717, 1.165) is 24.0 Å². The summed E-state index contributed by atoms with van der Waals surface area (Å²) in [5.41, 5.74) is 0.380. The van der Waals surface area contributed by atoms with Gasteiger partial charge in [-0.15, -0.1) is 0 Å². The van der Waals surface area contributed by atoms with Crippen molar-refractivity contribution in [2.24, 2.45) is 0 Å². The molecule has 2 heterocycles. The van der Waals surface area contributed by atoms with Crippen molar-refractivity contribution >= 4 is 22.4 Å². The first-order valence-corrected chi connectivity index (χ1v) is 11.2. The Labute approximate surface area is 185 Å². The van der Waals surface area contributed by atoms with E-state index in [0.29, 0.717) is 35.8 Å². The lowest BCUT2D eigenvalue weighted by Gasteiger charge is -2.23. The van der Waals surface area contributed by atoms with Gasteiger partial charge in [0.1, 0.15) is 25.5 Å². The van der Waals surface area contributed by atoms with Crippen LogP contribution in [0, 0.1) is 0 Å². The highest BCUT2D eigenvalue weighted by Crippen LogP contribution is 2.32. The van der Waals surface area contributed by atoms with Crippen molar-refractivity contribution in [2.75, 3.05) is 18.5 Å². The molecule has 1 saturated carbocycles. The molecule has 0 spiro atoms. The van der Waals surface area contributed by atoms with Crippen LogP contribution in [0.25, 0.3) is 10.8 Å². The number of aromatic nitrogens is 1. The van der Waals surface area contributed by atoms with Crippen LogP contribution < -0.4 is 25.1 Å². The van der Waals surface area contributed by atoms with E-state index in [4.69, 9.17) is 14.2 Å². The molecule has 0 atom stereocenters. The van der Waals surface area contributed by atoms with Crippen LogP contribution in [0.3, 0.4) is 0 Å². The third-order valence-electron chi connectivity index (χ3n) is 5.96. The molecule has 3 aromatic rings. The number of benzene rings is 2. The van der Waals surface area contributed by atoms with Gasteiger partial charge in [0.15, 0.2) is 11.5 Å². The first-order chi connectivity index (χ1) is 15.7. The normalized spacial score (nSPS) is 16.0. The van der Waals surface area contributed by atoms with Crippen molar-refractivity contribution in [1.82, 2.24) is 4.57 Å². The van der Waals surface area contributed by atoms with Crippen molar-refractivity contribution in [2.45, 2.75) is 44.8 Å². The highest BCUT2D eigenvalue weighted by Gasteiger charge is 2.17. The van der Waals surface area contributed by atoms with Gasteiger partial charge in [0, 0.05) is 23.3 Å². The molecule has 1 aliphatic heterocycles. The average molecular weight is 434 g/mol. The highest BCUT2D eigenvalue weighted by molar-refractivity contribution is 5.92. The lowest BCUT2D eigenvalue weighted by molar-refractivity contribution is -0.116. The molecular formula is C25H26N2O5. The monoisotopic (exact) mass is 434 g/mol. The molecule has 1 aliphatic carbocycles. The number of rotatable bonds is 5. The van der Waals surface area contributed by atoms with Gasteiger partial charge in [-0.1, -0.05) is 12.5 Å². The maximum Gasteiger partial charge on any atom is 0.259 e. The van der Waals surface area contributed by atoms with Crippen molar-refractivity contribution in [3.63, 3.8) is 0 Å². The first kappa shape index (κ1) is 20.4. The molecule has 0 radical (unpaired) electrons. The Bertz CT molecular complexity index is 1200. The Hall–Kier alpha value is -3.48. The number of ether oxygens (including phenoxy) is 3. The number of hydrogen-bond donors (Lipinski definition) is 1. The van der Waals surface area contributed by atoms with Gasteiger partial charge in [-0.05, 0) is 56.0 Å². The van der Waals surface area contributed by atoms with E-state index in [1.807, 2.05) is 18.2 Å². The molecule has 0 unspecified atom stereocenters. The Balaban J connectivity index is 1.32. The fourth-order valence-corrected chi connectivity index (χ4v) is 4.36. The summed E-state index contributed by atoms with van der Waals surface area (Å²) in [7, 11) is 0. The summed E-state index contributed by atoms with van der Waals surface area (Å²) in [5.74, 6) is 1.70. The van der Waals surface area contributed by atoms with Crippen LogP contribution in [-0.4, -0.2) is 29.8 Å². The summed E-state index contributed by atoms with van der Waals surface area (Å²) < 4.78 is 18.7. The number of nitrogens with zero attached hydrogens (tertiary/aromatic N) is 1. The Kier molecular flexibility index (Phi) is 5.71. The van der Waals surface area contributed by atoms with Crippen LogP contribution in [0.2, 0.25) is 0 Å². The maximum atomic E-state index is 13.0. The molecule has 1 N–H and O–H groups in total. The van der Waals surface area contributed by atoms with Crippen LogP contribution in [0.1, 0.15) is 32.1 Å². The molecule has 7 nitrogen and oxygen atoms in total. The number of anilines is 1. The summed E-state index contributed by atoms with van der Waals surface area (Å²) in [6.45, 7) is 0.900. The lowest BCUT2D eigenvalue weighted by atomic mass is 9.97. The second kappa shape index (κ2) is 8.94. The molecule has 1 amide bonds. The Morgan fingerprint density at radius 3 is 2.66 bits per heavy atom. The standard InChI is InChI=1S/C25H26N2O5/c28-24(26-17-9-10-22-23(15-17)31-14-13-30-22)16-27-12-11-19-20(25(27)29)7-4-8-21(19)32-18-5-2-1-3-6-18/h4,7-12,15,18H,1-3,5-6,13-14,16H2,(H,26,28). The third-order valence-corrected chi connectivity index (χ3v) is 5.96. The van der Waals surface area contributed by atoms with Crippen LogP contribution in [0.5, 0.6) is 17.2 Å². The first-order valence-electron chi connectivity index (χ1n) is 11.2. The van der Waals surface area contributed by atoms with Crippen molar-refractivity contribution in [1.29, 1.82) is 0 Å². The van der Waals surface area contributed by atoms with Gasteiger partial charge in [-0.3, -0.25) is 9.59 Å². The summed E-state index contributed by atoms with van der Waals surface area (Å²) in [5, 5.41) is 4.16. The van der Waals surface area contributed by atoms with Gasteiger partial charge >= 0.3 is 0 Å². The van der Waals surface area contributed by atoms with Gasteiger partial charge in [0.25, 0.3) is 5.56 Å². The topological polar surface area (TPSA) is 78.8 Å². The zero-order chi connectivity index (χ0) is 21.9. The minimum atomic E-state index is -0.294. The number of fused-ring (bicyclic) bond motifs is 2. The third kappa shape index (κ3) is 4.28. The van der Waals surface area contributed by atoms with Crippen LogP contribution in [0.15, 0.2) is 53.5 Å². The molecule has 0 saturated heterocycles. The zero-order valence-electron chi connectivity index (χ0n) is 17.8. The molecule has 32 heavy (non-hydrogen) atoms. The number of carbonyl (C=O) groups is 1. The molecule has 2 aliphatic rings. The minimum Gasteiger partial charge on any atom is -0.490 e. The molecule has 5 rings (SSSR count). The van der Waals surface area contributed by atoms with Gasteiger partial charge < -0.3 is 24.1 Å². The van der Waals surface area contributed by atoms with E-state index in [2.05, 4.69) is 5.32 Å². The predicted octanol–water partition coefficient (Wildman–Crippen LogP) is 4.12. The predicted molar refractivity (Wildman–Crippen MR) is 122 cm³/mol. The number of carbonyl (C=O) groups excluding carboxylic acids is 1. The van der Waals surface area contributed by atoms with E-state index in [-0.39, 0.29) is 24.1 Å². The molecule has 7 heteroatoms. The van der Waals surface area contributed by atoms with Gasteiger partial charge in [0.2, 0.25) is 5.91 Å². The van der Waals surface area contributed by atoms with Crippen LogP contribution in [0.4, 0.5) is 5.69 Å². The second-order valence-corrected chi connectivity index (χ2v) is 8.25. The van der Waals surface area contributed by atoms with Crippen molar-refractivity contribution < 1.29 is 19.0 Å². The van der Waals surface area contributed by atoms with Crippen molar-refractivity contribution in [3.8, 4) is 17.2 Å². The van der Waals surface area contributed by atoms with Gasteiger partial charge in [-0.25, -0.2) is 0 Å². The SMILES string of the molecule is O=C(Cn1ccc2c(OC3CCCCC3)cccc2c1=O)Nc1ccc2c(c1)OCCO2. The number of nitrogens with one attached hydrogen (secondary N) is 1. The fourth-order valence-electron chi connectivity index (χ4n) is 4.36. The largest absolute Gasteiger partial charge is 0.490 e. The highest BCUT2D eigenvalue weighted by atomic mass is 16.6. The van der Waals surface area contributed by atoms with Gasteiger partial charge in [0.05, 0.1) is 11.5 Å². The number of pyridine rings is 1. The lowest BCUT2D eigenvalue weighted by Crippen LogP contribution is -2.27. The van der Waals surface area contributed by atoms with E-state index in [1.165, 1.54) is 23.8 Å². The smallest absolute Gasteiger partial charge is 0.259 e. The second-order valence-electron chi connectivity index (χ2n) is 8.25. The molecule has 1 aromatic heterocycles. The Morgan fingerprint density at radius 1 is 1.00 bits per heavy atom. The molecule has 1 fully saturated rings. The summed E-state index contributed by atoms with van der Waals surface area (Å²) >= 11 is 0. The van der Waals surface area contributed by atoms with Gasteiger partial charge in [-0.2, -0.15) is 0 Å². The summed E-state index contributed by atoms with van der Waals surface area (Å²) in [4.78, 5) is 25.6. The zero-order valence-corrected chi connectivity index (χ0v) is 17.8. The number of hydrogen-bond acceptors (Lipinski definition) is 5. The summed E-state index contributed by atoms with van der Waals surface area (Å²) in [6, 6.07) is 12.6. The fraction of sp³-hybridized carbons (Fsp3) is 0.360. The average Bonchev–Trinajstić information content (AvgIpc) is 2.82. The van der Waals surface area contributed by atoms with E-state index in [9.17, 15) is 9.59 Å². The maximum absolute atomic E-state index is 13.0. The van der Waals surface area contributed by atoms with Crippen LogP contribution in [-0.2, 0) is 11.3 Å². The molecule has 0 bridgehead atoms. The van der Waals surface area contributed by atoms with E-state index >= 15 is 0 Å². The minimum absolute atomic E-state index is 0.0864. The quantitative estimate of drug-likeness (QED) is 0.654. The molecule has 166 valence electrons.